The zero-order valence-corrected chi connectivity index (χ0v) is 18.4. The van der Waals surface area contributed by atoms with E-state index in [1.165, 1.54) is 0 Å². The summed E-state index contributed by atoms with van der Waals surface area (Å²) >= 11 is 1.01. The van der Waals surface area contributed by atoms with E-state index in [1.807, 2.05) is 61.5 Å². The number of oxazole rings is 1. The number of fused-ring (bicyclic) bond motifs is 2. The molecule has 5 nitrogen and oxygen atoms in total. The summed E-state index contributed by atoms with van der Waals surface area (Å²) in [7, 11) is 0. The largest absolute Gasteiger partial charge is 0.477 e. The highest BCUT2D eigenvalue weighted by molar-refractivity contribution is 8.03. The Morgan fingerprint density at radius 3 is 2.56 bits per heavy atom. The van der Waals surface area contributed by atoms with Gasteiger partial charge in [-0.2, -0.15) is 0 Å². The number of carboxylic acid groups (broad SMARTS) is 1. The zero-order valence-electron chi connectivity index (χ0n) is 17.5. The number of hydrogen-bond donors (Lipinski definition) is 2. The van der Waals surface area contributed by atoms with Crippen molar-refractivity contribution in [2.45, 2.75) is 19.1 Å². The Morgan fingerprint density at radius 2 is 1.81 bits per heavy atom. The Kier molecular flexibility index (Phi) is 5.07. The average molecular weight is 441 g/mol. The lowest BCUT2D eigenvalue weighted by atomic mass is 10.0. The van der Waals surface area contributed by atoms with E-state index in [0.717, 1.165) is 50.6 Å². The number of benzene rings is 3. The highest BCUT2D eigenvalue weighted by Gasteiger charge is 2.19. The number of thioether (sulfide) groups is 1. The van der Waals surface area contributed by atoms with Gasteiger partial charge >= 0.3 is 5.97 Å². The molecule has 158 valence electrons. The van der Waals surface area contributed by atoms with E-state index >= 15 is 0 Å². The second-order valence-electron chi connectivity index (χ2n) is 7.65. The highest BCUT2D eigenvalue weighted by atomic mass is 32.2. The number of hydrogen-bond acceptors (Lipinski definition) is 4. The minimum atomic E-state index is -1.03. The number of carboxylic acids is 1. The molecule has 0 amide bonds. The van der Waals surface area contributed by atoms with Crippen LogP contribution in [0.3, 0.4) is 0 Å². The number of aromatic amines is 1. The molecule has 6 heteroatoms. The van der Waals surface area contributed by atoms with E-state index in [9.17, 15) is 9.90 Å². The Balaban J connectivity index is 1.69. The van der Waals surface area contributed by atoms with Gasteiger partial charge in [0.15, 0.2) is 5.58 Å². The van der Waals surface area contributed by atoms with E-state index in [2.05, 4.69) is 29.0 Å². The van der Waals surface area contributed by atoms with Gasteiger partial charge in [-0.25, -0.2) is 9.78 Å². The lowest BCUT2D eigenvalue weighted by Crippen LogP contribution is -1.97. The molecular weight excluding hydrogens is 420 g/mol. The minimum Gasteiger partial charge on any atom is -0.477 e. The molecule has 0 aliphatic heterocycles. The summed E-state index contributed by atoms with van der Waals surface area (Å²) < 4.78 is 5.75. The van der Waals surface area contributed by atoms with Gasteiger partial charge in [-0.1, -0.05) is 54.1 Å². The summed E-state index contributed by atoms with van der Waals surface area (Å²) in [6.07, 6.45) is 1.71. The second-order valence-corrected chi connectivity index (χ2v) is 8.64. The van der Waals surface area contributed by atoms with Gasteiger partial charge in [0.05, 0.1) is 5.69 Å². The third kappa shape index (κ3) is 3.69. The molecule has 0 aliphatic carbocycles. The smallest absolute Gasteiger partial charge is 0.342 e. The van der Waals surface area contributed by atoms with Crippen LogP contribution in [0, 0.1) is 13.8 Å². The molecule has 5 aromatic rings. The lowest BCUT2D eigenvalue weighted by molar-refractivity contribution is -0.131. The summed E-state index contributed by atoms with van der Waals surface area (Å²) in [4.78, 5) is 20.3. The van der Waals surface area contributed by atoms with Gasteiger partial charge in [-0.3, -0.25) is 0 Å². The van der Waals surface area contributed by atoms with Crippen LogP contribution < -0.4 is 0 Å². The summed E-state index contributed by atoms with van der Waals surface area (Å²) in [5, 5.41) is 11.3. The topological polar surface area (TPSA) is 79.1 Å². The van der Waals surface area contributed by atoms with E-state index in [-0.39, 0.29) is 4.91 Å². The van der Waals surface area contributed by atoms with Crippen LogP contribution in [0.4, 0.5) is 0 Å². The first-order valence-corrected chi connectivity index (χ1v) is 11.0. The summed E-state index contributed by atoms with van der Waals surface area (Å²) in [6, 6.07) is 21.5. The monoisotopic (exact) mass is 440 g/mol. The van der Waals surface area contributed by atoms with E-state index in [1.54, 1.807) is 6.08 Å². The molecule has 0 radical (unpaired) electrons. The molecule has 0 fully saturated rings. The number of nitrogens with one attached hydrogen (secondary N) is 1. The van der Waals surface area contributed by atoms with Crippen LogP contribution in [-0.2, 0) is 4.79 Å². The van der Waals surface area contributed by atoms with Crippen molar-refractivity contribution < 1.29 is 14.3 Å². The molecule has 2 aromatic heterocycles. The van der Waals surface area contributed by atoms with Crippen LogP contribution in [0.15, 0.2) is 81.3 Å². The van der Waals surface area contributed by atoms with Crippen molar-refractivity contribution in [3.05, 3.63) is 88.3 Å². The van der Waals surface area contributed by atoms with Gasteiger partial charge in [-0.15, -0.1) is 0 Å². The van der Waals surface area contributed by atoms with Crippen LogP contribution in [0.1, 0.15) is 16.7 Å². The summed E-state index contributed by atoms with van der Waals surface area (Å²) in [5.41, 5.74) is 7.25. The molecule has 0 bridgehead atoms. The molecule has 2 heterocycles. The lowest BCUT2D eigenvalue weighted by Gasteiger charge is -2.04. The first kappa shape index (κ1) is 20.2. The highest BCUT2D eigenvalue weighted by Crippen LogP contribution is 2.37. The van der Waals surface area contributed by atoms with Crippen molar-refractivity contribution in [1.29, 1.82) is 0 Å². The minimum absolute atomic E-state index is 0.133. The molecule has 0 saturated heterocycles. The summed E-state index contributed by atoms with van der Waals surface area (Å²) in [5.74, 6) is -1.03. The van der Waals surface area contributed by atoms with Gasteiger partial charge in [0, 0.05) is 16.5 Å². The maximum Gasteiger partial charge on any atom is 0.342 e. The van der Waals surface area contributed by atoms with Crippen molar-refractivity contribution >= 4 is 45.8 Å². The maximum atomic E-state index is 12.2. The molecular formula is C26H20N2O3S. The third-order valence-corrected chi connectivity index (χ3v) is 6.17. The number of nitrogens with zero attached hydrogens (tertiary/aromatic N) is 1. The number of rotatable bonds is 5. The van der Waals surface area contributed by atoms with E-state index < -0.39 is 5.97 Å². The van der Waals surface area contributed by atoms with Crippen molar-refractivity contribution in [2.24, 2.45) is 0 Å². The van der Waals surface area contributed by atoms with E-state index in [4.69, 9.17) is 4.42 Å². The Bertz CT molecular complexity index is 1460. The third-order valence-electron chi connectivity index (χ3n) is 5.31. The zero-order chi connectivity index (χ0) is 22.2. The molecule has 0 aliphatic rings. The number of H-pyrrole nitrogens is 1. The molecule has 32 heavy (non-hydrogen) atoms. The molecule has 5 rings (SSSR count). The van der Waals surface area contributed by atoms with Crippen LogP contribution in [0.5, 0.6) is 0 Å². The number of carbonyl (C=O) groups is 1. The predicted molar refractivity (Wildman–Crippen MR) is 129 cm³/mol. The Morgan fingerprint density at radius 1 is 1.06 bits per heavy atom. The number of aliphatic carboxylic acids is 1. The molecule has 3 aromatic carbocycles. The van der Waals surface area contributed by atoms with Gasteiger partial charge in [0.2, 0.25) is 0 Å². The van der Waals surface area contributed by atoms with Crippen LogP contribution in [0.2, 0.25) is 0 Å². The van der Waals surface area contributed by atoms with Crippen molar-refractivity contribution in [2.75, 3.05) is 0 Å². The quantitative estimate of drug-likeness (QED) is 0.232. The standard InChI is InChI=1S/C26H20N2O3S/c1-15-12-16(2)23-18(13-15)19(24(28-23)17-8-4-3-5-9-17)14-22(25(29)30)32-26-27-20-10-6-7-11-21(20)31-26/h3-14,28H,1-2H3,(H,29,30)/b22-14-. The molecule has 0 saturated carbocycles. The van der Waals surface area contributed by atoms with Crippen molar-refractivity contribution in [1.82, 2.24) is 9.97 Å². The SMILES string of the molecule is Cc1cc(C)c2[nH]c(-c3ccccc3)c(/C=C(\Sc3nc4ccccc4o3)C(=O)O)c2c1. The first-order chi connectivity index (χ1) is 15.5. The summed E-state index contributed by atoms with van der Waals surface area (Å²) in [6.45, 7) is 4.10. The van der Waals surface area contributed by atoms with Crippen LogP contribution in [-0.4, -0.2) is 21.0 Å². The second kappa shape index (κ2) is 8.05. The van der Waals surface area contributed by atoms with Gasteiger partial charge in [-0.05, 0) is 61.0 Å². The first-order valence-electron chi connectivity index (χ1n) is 10.2. The average Bonchev–Trinajstić information content (AvgIpc) is 3.35. The molecule has 2 N–H and O–H groups in total. The fourth-order valence-corrected chi connectivity index (χ4v) is 4.64. The Labute approximate surface area is 188 Å². The normalized spacial score (nSPS) is 12.0. The predicted octanol–water partition coefficient (Wildman–Crippen LogP) is 6.81. The maximum absolute atomic E-state index is 12.2. The Hall–Kier alpha value is -3.77. The molecule has 0 unspecified atom stereocenters. The van der Waals surface area contributed by atoms with Gasteiger partial charge in [0.25, 0.3) is 5.22 Å². The van der Waals surface area contributed by atoms with Crippen molar-refractivity contribution in [3.8, 4) is 11.3 Å². The molecule has 0 atom stereocenters. The van der Waals surface area contributed by atoms with Crippen molar-refractivity contribution in [3.63, 3.8) is 0 Å². The van der Waals surface area contributed by atoms with Gasteiger partial charge < -0.3 is 14.5 Å². The fourth-order valence-electron chi connectivity index (χ4n) is 3.91. The number of aryl methyl sites for hydroxylation is 2. The van der Waals surface area contributed by atoms with Crippen LogP contribution >= 0.6 is 11.8 Å². The molecule has 0 spiro atoms. The van der Waals surface area contributed by atoms with Crippen LogP contribution in [0.25, 0.3) is 39.3 Å². The number of para-hydroxylation sites is 2. The van der Waals surface area contributed by atoms with Gasteiger partial charge in [0.1, 0.15) is 10.4 Å². The fraction of sp³-hybridized carbons (Fsp3) is 0.0769. The number of aromatic nitrogens is 2. The van der Waals surface area contributed by atoms with E-state index in [0.29, 0.717) is 16.3 Å².